The predicted octanol–water partition coefficient (Wildman–Crippen LogP) is 3.80. The van der Waals surface area contributed by atoms with Crippen LogP contribution in [-0.4, -0.2) is 49.7 Å². The van der Waals surface area contributed by atoms with Gasteiger partial charge in [-0.25, -0.2) is 9.79 Å². The number of halogens is 1. The van der Waals surface area contributed by atoms with Crippen LogP contribution in [-0.2, 0) is 11.3 Å². The normalized spacial score (nSPS) is 12.2. The highest BCUT2D eigenvalue weighted by atomic mass is 127. The highest BCUT2D eigenvalue weighted by molar-refractivity contribution is 14.0. The van der Waals surface area contributed by atoms with Gasteiger partial charge in [0.25, 0.3) is 5.91 Å². The van der Waals surface area contributed by atoms with E-state index in [9.17, 15) is 9.59 Å². The molecule has 1 aromatic carbocycles. The van der Waals surface area contributed by atoms with Crippen LogP contribution in [0.2, 0.25) is 0 Å². The number of rotatable bonds is 10. The van der Waals surface area contributed by atoms with Crippen molar-refractivity contribution in [3.05, 3.63) is 35.4 Å². The van der Waals surface area contributed by atoms with Crippen LogP contribution in [0.5, 0.6) is 0 Å². The Labute approximate surface area is 209 Å². The highest BCUT2D eigenvalue weighted by Gasteiger charge is 2.18. The lowest BCUT2D eigenvalue weighted by Crippen LogP contribution is -2.49. The topological polar surface area (TPSA) is 104 Å². The van der Waals surface area contributed by atoms with Crippen LogP contribution in [0.3, 0.4) is 0 Å². The Hall–Kier alpha value is -2.04. The first-order valence-corrected chi connectivity index (χ1v) is 11.0. The van der Waals surface area contributed by atoms with E-state index >= 15 is 0 Å². The number of unbranched alkanes of at least 4 members (excludes halogenated alkanes) is 1. The lowest BCUT2D eigenvalue weighted by Gasteiger charge is -2.24. The number of guanidine groups is 1. The molecular formula is C23H40IN5O3. The van der Waals surface area contributed by atoms with Crippen molar-refractivity contribution in [1.29, 1.82) is 0 Å². The second-order valence-electron chi connectivity index (χ2n) is 8.34. The minimum Gasteiger partial charge on any atom is -0.444 e. The average molecular weight is 562 g/mol. The van der Waals surface area contributed by atoms with E-state index < -0.39 is 11.7 Å². The number of alkyl carbamates (subject to hydrolysis) is 1. The molecule has 1 atom stereocenters. The van der Waals surface area contributed by atoms with E-state index in [0.29, 0.717) is 24.6 Å². The van der Waals surface area contributed by atoms with Gasteiger partial charge >= 0.3 is 6.09 Å². The van der Waals surface area contributed by atoms with Crippen molar-refractivity contribution < 1.29 is 14.3 Å². The molecule has 1 unspecified atom stereocenters. The molecule has 1 aromatic rings. The molecule has 182 valence electrons. The van der Waals surface area contributed by atoms with E-state index in [1.165, 1.54) is 0 Å². The van der Waals surface area contributed by atoms with E-state index in [2.05, 4.69) is 33.2 Å². The lowest BCUT2D eigenvalue weighted by molar-refractivity contribution is 0.0522. The fourth-order valence-electron chi connectivity index (χ4n) is 2.79. The van der Waals surface area contributed by atoms with Crippen molar-refractivity contribution in [2.45, 2.75) is 72.1 Å². The third-order valence-corrected chi connectivity index (χ3v) is 4.35. The molecule has 0 aromatic heterocycles. The van der Waals surface area contributed by atoms with E-state index in [0.717, 1.165) is 31.4 Å². The number of nitrogens with one attached hydrogen (secondary N) is 4. The summed E-state index contributed by atoms with van der Waals surface area (Å²) < 4.78 is 5.33. The van der Waals surface area contributed by atoms with Crippen LogP contribution >= 0.6 is 24.0 Å². The molecule has 0 saturated carbocycles. The molecule has 32 heavy (non-hydrogen) atoms. The molecule has 0 saturated heterocycles. The Bertz CT molecular complexity index is 717. The van der Waals surface area contributed by atoms with Gasteiger partial charge in [-0.05, 0) is 51.8 Å². The van der Waals surface area contributed by atoms with Crippen molar-refractivity contribution in [2.24, 2.45) is 4.99 Å². The molecule has 0 radical (unpaired) electrons. The maximum atomic E-state index is 12.0. The van der Waals surface area contributed by atoms with E-state index in [1.807, 2.05) is 39.8 Å². The van der Waals surface area contributed by atoms with Crippen LogP contribution in [0.25, 0.3) is 0 Å². The summed E-state index contributed by atoms with van der Waals surface area (Å²) in [5.41, 5.74) is 1.09. The fourth-order valence-corrected chi connectivity index (χ4v) is 2.79. The Kier molecular flexibility index (Phi) is 14.7. The number of carbonyl (C=O) groups excluding carboxylic acids is 2. The minimum atomic E-state index is -0.528. The van der Waals surface area contributed by atoms with Crippen molar-refractivity contribution in [3.63, 3.8) is 0 Å². The summed E-state index contributed by atoms with van der Waals surface area (Å²) in [7, 11) is 1.61. The minimum absolute atomic E-state index is 0. The number of amides is 2. The van der Waals surface area contributed by atoms with Gasteiger partial charge in [0.05, 0.1) is 6.54 Å². The summed E-state index contributed by atoms with van der Waals surface area (Å²) in [6.45, 7) is 11.3. The van der Waals surface area contributed by atoms with Crippen molar-refractivity contribution >= 4 is 41.9 Å². The Morgan fingerprint density at radius 1 is 1.09 bits per heavy atom. The molecule has 1 rings (SSSR count). The summed E-state index contributed by atoms with van der Waals surface area (Å²) in [6, 6.07) is 7.41. The molecular weight excluding hydrogens is 521 g/mol. The molecule has 0 bridgehead atoms. The van der Waals surface area contributed by atoms with Gasteiger partial charge < -0.3 is 26.0 Å². The Morgan fingerprint density at radius 3 is 2.28 bits per heavy atom. The summed E-state index contributed by atoms with van der Waals surface area (Å²) in [5, 5.41) is 12.1. The second-order valence-corrected chi connectivity index (χ2v) is 8.34. The quantitative estimate of drug-likeness (QED) is 0.198. The van der Waals surface area contributed by atoms with Gasteiger partial charge in [-0.3, -0.25) is 4.79 Å². The zero-order chi connectivity index (χ0) is 23.3. The number of nitrogens with zero attached hydrogens (tertiary/aromatic N) is 1. The number of benzene rings is 1. The number of hydrogen-bond acceptors (Lipinski definition) is 4. The first-order chi connectivity index (χ1) is 14.7. The van der Waals surface area contributed by atoms with Crippen LogP contribution < -0.4 is 21.3 Å². The first kappa shape index (κ1) is 30.0. The summed E-state index contributed by atoms with van der Waals surface area (Å²) in [6.07, 6.45) is 2.58. The van der Waals surface area contributed by atoms with Gasteiger partial charge in [0.15, 0.2) is 5.96 Å². The fraction of sp³-hybridized carbons (Fsp3) is 0.609. The van der Waals surface area contributed by atoms with Crippen LogP contribution in [0.15, 0.2) is 29.3 Å². The summed E-state index contributed by atoms with van der Waals surface area (Å²) in [5.74, 6) is 0.575. The average Bonchev–Trinajstić information content (AvgIpc) is 2.72. The number of hydrogen-bond donors (Lipinski definition) is 4. The van der Waals surface area contributed by atoms with Crippen molar-refractivity contribution in [2.75, 3.05) is 20.1 Å². The van der Waals surface area contributed by atoms with Crippen LogP contribution in [0.1, 0.15) is 69.8 Å². The second kappa shape index (κ2) is 15.7. The van der Waals surface area contributed by atoms with Gasteiger partial charge in [0.1, 0.15) is 5.60 Å². The maximum absolute atomic E-state index is 12.0. The molecule has 0 aliphatic carbocycles. The molecule has 0 aliphatic heterocycles. The van der Waals surface area contributed by atoms with Gasteiger partial charge in [-0.15, -0.1) is 24.0 Å². The standard InChI is InChI=1S/C23H39N5O3.HI/c1-7-9-10-19(16-27-22(30)31-23(3,4)5)28-21(25-8-2)26-15-17-11-13-18(14-12-17)20(29)24-6;/h11-14,19H,7-10,15-16H2,1-6H3,(H,24,29)(H,27,30)(H2,25,26,28);1H. The Balaban J connectivity index is 0.00000961. The van der Waals surface area contributed by atoms with E-state index in [1.54, 1.807) is 19.2 Å². The van der Waals surface area contributed by atoms with E-state index in [4.69, 9.17) is 4.74 Å². The predicted molar refractivity (Wildman–Crippen MR) is 141 cm³/mol. The molecule has 4 N–H and O–H groups in total. The molecule has 0 spiro atoms. The van der Waals surface area contributed by atoms with Gasteiger partial charge in [-0.2, -0.15) is 0 Å². The van der Waals surface area contributed by atoms with Crippen molar-refractivity contribution in [3.8, 4) is 0 Å². The number of aliphatic imine (C=N–C) groups is 1. The highest BCUT2D eigenvalue weighted by Crippen LogP contribution is 2.08. The van der Waals surface area contributed by atoms with Crippen LogP contribution in [0, 0.1) is 0 Å². The summed E-state index contributed by atoms with van der Waals surface area (Å²) >= 11 is 0. The van der Waals surface area contributed by atoms with Gasteiger partial charge in [0, 0.05) is 31.7 Å². The molecule has 9 heteroatoms. The zero-order valence-corrected chi connectivity index (χ0v) is 22.5. The molecule has 0 heterocycles. The molecule has 2 amide bonds. The molecule has 8 nitrogen and oxygen atoms in total. The monoisotopic (exact) mass is 561 g/mol. The van der Waals surface area contributed by atoms with Gasteiger partial charge in [-0.1, -0.05) is 31.9 Å². The number of ether oxygens (including phenoxy) is 1. The van der Waals surface area contributed by atoms with Crippen LogP contribution in [0.4, 0.5) is 4.79 Å². The van der Waals surface area contributed by atoms with Crippen molar-refractivity contribution in [1.82, 2.24) is 21.3 Å². The molecule has 0 aliphatic rings. The number of carbonyl (C=O) groups is 2. The van der Waals surface area contributed by atoms with E-state index in [-0.39, 0.29) is 35.9 Å². The summed E-state index contributed by atoms with van der Waals surface area (Å²) in [4.78, 5) is 28.4. The Morgan fingerprint density at radius 2 is 1.75 bits per heavy atom. The van der Waals surface area contributed by atoms with Gasteiger partial charge in [0.2, 0.25) is 0 Å². The zero-order valence-electron chi connectivity index (χ0n) is 20.2. The lowest BCUT2D eigenvalue weighted by atomic mass is 10.1. The smallest absolute Gasteiger partial charge is 0.407 e. The molecule has 0 fully saturated rings. The first-order valence-electron chi connectivity index (χ1n) is 11.0. The SMILES string of the molecule is CCCCC(CNC(=O)OC(C)(C)C)NC(=NCc1ccc(C(=O)NC)cc1)NCC.I. The third kappa shape index (κ3) is 12.7. The third-order valence-electron chi connectivity index (χ3n) is 4.35. The largest absolute Gasteiger partial charge is 0.444 e. The maximum Gasteiger partial charge on any atom is 0.407 e.